The number of carboxylic acid groups (broad SMARTS) is 1. The maximum Gasteiger partial charge on any atom is 0.416 e. The van der Waals surface area contributed by atoms with Crippen LogP contribution in [0.25, 0.3) is 0 Å². The number of carboxylic acids is 1. The summed E-state index contributed by atoms with van der Waals surface area (Å²) < 4.78 is 42.7. The van der Waals surface area contributed by atoms with E-state index in [0.29, 0.717) is 25.0 Å². The van der Waals surface area contributed by atoms with Gasteiger partial charge in [-0.25, -0.2) is 4.79 Å². The summed E-state index contributed by atoms with van der Waals surface area (Å²) in [5.74, 6) is -2.05. The Balaban J connectivity index is 2.34. The average Bonchev–Trinajstić information content (AvgIpc) is 3.18. The lowest BCUT2D eigenvalue weighted by Crippen LogP contribution is -2.29. The Bertz CT molecular complexity index is 583. The van der Waals surface area contributed by atoms with Crippen molar-refractivity contribution in [2.24, 2.45) is 5.92 Å². The SMILES string of the molecule is O=C(O)C(Oc1ccc(C(F)(F)F)cc1[N+](=O)[O-])C1CC1. The van der Waals surface area contributed by atoms with E-state index in [9.17, 15) is 28.1 Å². The number of nitrogens with zero attached hydrogens (tertiary/aromatic N) is 1. The highest BCUT2D eigenvalue weighted by molar-refractivity contribution is 5.74. The maximum atomic E-state index is 12.5. The molecule has 6 nitrogen and oxygen atoms in total. The smallest absolute Gasteiger partial charge is 0.416 e. The molecule has 114 valence electrons. The molecule has 1 aliphatic rings. The van der Waals surface area contributed by atoms with Gasteiger partial charge in [0, 0.05) is 12.0 Å². The number of nitro groups is 1. The normalized spacial score (nSPS) is 16.3. The van der Waals surface area contributed by atoms with E-state index in [4.69, 9.17) is 9.84 Å². The topological polar surface area (TPSA) is 89.7 Å². The zero-order valence-corrected chi connectivity index (χ0v) is 10.5. The second-order valence-electron chi connectivity index (χ2n) is 4.65. The van der Waals surface area contributed by atoms with Crippen LogP contribution in [0.15, 0.2) is 18.2 Å². The number of halogens is 3. The van der Waals surface area contributed by atoms with Gasteiger partial charge in [0.2, 0.25) is 0 Å². The fourth-order valence-electron chi connectivity index (χ4n) is 1.82. The molecule has 0 saturated heterocycles. The fourth-order valence-corrected chi connectivity index (χ4v) is 1.82. The lowest BCUT2D eigenvalue weighted by atomic mass is 10.1. The number of ether oxygens (including phenoxy) is 1. The molecule has 1 unspecified atom stereocenters. The first kappa shape index (κ1) is 15.1. The van der Waals surface area contributed by atoms with Crippen molar-refractivity contribution in [3.8, 4) is 5.75 Å². The Kier molecular flexibility index (Phi) is 3.75. The van der Waals surface area contributed by atoms with E-state index in [2.05, 4.69) is 0 Å². The van der Waals surface area contributed by atoms with Gasteiger partial charge in [-0.3, -0.25) is 10.1 Å². The number of benzene rings is 1. The third-order valence-electron chi connectivity index (χ3n) is 3.03. The van der Waals surface area contributed by atoms with E-state index in [1.54, 1.807) is 0 Å². The minimum Gasteiger partial charge on any atom is -0.478 e. The van der Waals surface area contributed by atoms with Crippen molar-refractivity contribution in [3.05, 3.63) is 33.9 Å². The molecule has 0 aromatic heterocycles. The van der Waals surface area contributed by atoms with Crippen molar-refractivity contribution >= 4 is 11.7 Å². The van der Waals surface area contributed by atoms with Crippen LogP contribution < -0.4 is 4.74 Å². The second kappa shape index (κ2) is 5.23. The Morgan fingerprint density at radius 2 is 2.05 bits per heavy atom. The van der Waals surface area contributed by atoms with Crippen LogP contribution in [-0.2, 0) is 11.0 Å². The van der Waals surface area contributed by atoms with Crippen LogP contribution in [0.2, 0.25) is 0 Å². The number of hydrogen-bond donors (Lipinski definition) is 1. The monoisotopic (exact) mass is 305 g/mol. The number of aliphatic carboxylic acids is 1. The first-order valence-corrected chi connectivity index (χ1v) is 5.95. The predicted molar refractivity (Wildman–Crippen MR) is 62.9 cm³/mol. The number of carbonyl (C=O) groups is 1. The van der Waals surface area contributed by atoms with Crippen molar-refractivity contribution in [3.63, 3.8) is 0 Å². The van der Waals surface area contributed by atoms with Gasteiger partial charge in [0.05, 0.1) is 10.5 Å². The molecule has 0 radical (unpaired) electrons. The highest BCUT2D eigenvalue weighted by Crippen LogP contribution is 2.39. The summed E-state index contributed by atoms with van der Waals surface area (Å²) >= 11 is 0. The lowest BCUT2D eigenvalue weighted by Gasteiger charge is -2.15. The Morgan fingerprint density at radius 3 is 2.48 bits per heavy atom. The van der Waals surface area contributed by atoms with E-state index in [0.717, 1.165) is 6.07 Å². The first-order chi connectivity index (χ1) is 9.70. The summed E-state index contributed by atoms with van der Waals surface area (Å²) in [7, 11) is 0. The van der Waals surface area contributed by atoms with Crippen LogP contribution in [-0.4, -0.2) is 22.1 Å². The number of nitro benzene ring substituents is 1. The molecule has 0 heterocycles. The fraction of sp³-hybridized carbons (Fsp3) is 0.417. The quantitative estimate of drug-likeness (QED) is 0.667. The van der Waals surface area contributed by atoms with E-state index in [1.807, 2.05) is 0 Å². The molecule has 1 aliphatic carbocycles. The third kappa shape index (κ3) is 3.41. The molecule has 1 aromatic rings. The number of hydrogen-bond acceptors (Lipinski definition) is 4. The second-order valence-corrected chi connectivity index (χ2v) is 4.65. The van der Waals surface area contributed by atoms with Gasteiger partial charge in [-0.1, -0.05) is 0 Å². The largest absolute Gasteiger partial charge is 0.478 e. The van der Waals surface area contributed by atoms with E-state index in [1.165, 1.54) is 0 Å². The zero-order valence-electron chi connectivity index (χ0n) is 10.5. The van der Waals surface area contributed by atoms with Crippen molar-refractivity contribution in [1.82, 2.24) is 0 Å². The molecule has 21 heavy (non-hydrogen) atoms. The van der Waals surface area contributed by atoms with E-state index >= 15 is 0 Å². The van der Waals surface area contributed by atoms with E-state index < -0.39 is 40.2 Å². The molecule has 0 amide bonds. The van der Waals surface area contributed by atoms with Crippen LogP contribution in [0.1, 0.15) is 18.4 Å². The molecule has 1 saturated carbocycles. The van der Waals surface area contributed by atoms with Gasteiger partial charge in [-0.15, -0.1) is 0 Å². The van der Waals surface area contributed by atoms with Gasteiger partial charge in [-0.05, 0) is 25.0 Å². The first-order valence-electron chi connectivity index (χ1n) is 5.95. The standard InChI is InChI=1S/C12H10F3NO5/c13-12(14,15)7-3-4-9(8(5-7)16(19)20)21-10(11(17)18)6-1-2-6/h3-6,10H,1-2H2,(H,17,18). The van der Waals surface area contributed by atoms with Crippen LogP contribution in [0.5, 0.6) is 5.75 Å². The minimum atomic E-state index is -4.73. The lowest BCUT2D eigenvalue weighted by molar-refractivity contribution is -0.386. The molecule has 0 aliphatic heterocycles. The molecule has 1 N–H and O–H groups in total. The number of rotatable bonds is 5. The third-order valence-corrected chi connectivity index (χ3v) is 3.03. The predicted octanol–water partition coefficient (Wildman–Crippen LogP) is 2.86. The summed E-state index contributed by atoms with van der Waals surface area (Å²) in [5.41, 5.74) is -2.10. The molecule has 1 fully saturated rings. The van der Waals surface area contributed by atoms with Gasteiger partial charge < -0.3 is 9.84 Å². The maximum absolute atomic E-state index is 12.5. The molecule has 9 heteroatoms. The summed E-state index contributed by atoms with van der Waals surface area (Å²) in [6.45, 7) is 0. The van der Waals surface area contributed by atoms with Gasteiger partial charge in [-0.2, -0.15) is 13.2 Å². The highest BCUT2D eigenvalue weighted by atomic mass is 19.4. The Morgan fingerprint density at radius 1 is 1.43 bits per heavy atom. The molecule has 0 bridgehead atoms. The summed E-state index contributed by atoms with van der Waals surface area (Å²) in [6, 6.07) is 1.73. The summed E-state index contributed by atoms with van der Waals surface area (Å²) in [5, 5.41) is 19.8. The van der Waals surface area contributed by atoms with Gasteiger partial charge in [0.25, 0.3) is 0 Å². The zero-order chi connectivity index (χ0) is 15.8. The van der Waals surface area contributed by atoms with Crippen LogP contribution >= 0.6 is 0 Å². The van der Waals surface area contributed by atoms with Crippen LogP contribution in [0, 0.1) is 16.0 Å². The van der Waals surface area contributed by atoms with Crippen molar-refractivity contribution in [2.75, 3.05) is 0 Å². The number of alkyl halides is 3. The van der Waals surface area contributed by atoms with E-state index in [-0.39, 0.29) is 5.92 Å². The van der Waals surface area contributed by atoms with Crippen molar-refractivity contribution < 1.29 is 32.7 Å². The van der Waals surface area contributed by atoms with Gasteiger partial charge in [0.1, 0.15) is 0 Å². The minimum absolute atomic E-state index is 0.274. The van der Waals surface area contributed by atoms with Crippen molar-refractivity contribution in [1.29, 1.82) is 0 Å². The molecular weight excluding hydrogens is 295 g/mol. The molecule has 1 atom stereocenters. The Labute approximate surface area is 116 Å². The molecule has 1 aromatic carbocycles. The summed E-state index contributed by atoms with van der Waals surface area (Å²) in [6.07, 6.45) is -4.82. The van der Waals surface area contributed by atoms with Crippen LogP contribution in [0.4, 0.5) is 18.9 Å². The molecule has 0 spiro atoms. The average molecular weight is 305 g/mol. The van der Waals surface area contributed by atoms with Gasteiger partial charge in [0.15, 0.2) is 11.9 Å². The molecule has 2 rings (SSSR count). The molecular formula is C12H10F3NO5. The van der Waals surface area contributed by atoms with Crippen molar-refractivity contribution in [2.45, 2.75) is 25.1 Å². The summed E-state index contributed by atoms with van der Waals surface area (Å²) in [4.78, 5) is 20.8. The Hall–Kier alpha value is -2.32. The highest BCUT2D eigenvalue weighted by Gasteiger charge is 2.40. The van der Waals surface area contributed by atoms with Crippen LogP contribution in [0.3, 0.4) is 0 Å². The van der Waals surface area contributed by atoms with Gasteiger partial charge >= 0.3 is 17.8 Å².